The molecular weight excluding hydrogens is 314 g/mol. The van der Waals surface area contributed by atoms with Crippen LogP contribution in [-0.2, 0) is 13.0 Å². The molecule has 6 nitrogen and oxygen atoms in total. The number of aromatic amines is 1. The van der Waals surface area contributed by atoms with Crippen LogP contribution in [0.2, 0.25) is 0 Å². The molecule has 2 aliphatic heterocycles. The highest BCUT2D eigenvalue weighted by atomic mass is 35.5. The van der Waals surface area contributed by atoms with Crippen LogP contribution in [0.15, 0.2) is 0 Å². The van der Waals surface area contributed by atoms with Crippen LogP contribution in [0.25, 0.3) is 0 Å². The lowest BCUT2D eigenvalue weighted by atomic mass is 9.97. The summed E-state index contributed by atoms with van der Waals surface area (Å²) < 4.78 is 0. The van der Waals surface area contributed by atoms with Crippen molar-refractivity contribution in [3.63, 3.8) is 0 Å². The number of hydrogen-bond donors (Lipinski definition) is 3. The van der Waals surface area contributed by atoms with Gasteiger partial charge in [-0.25, -0.2) is 0 Å². The van der Waals surface area contributed by atoms with Crippen LogP contribution in [0, 0.1) is 5.92 Å². The Morgan fingerprint density at radius 3 is 3.09 bits per heavy atom. The van der Waals surface area contributed by atoms with E-state index in [4.69, 9.17) is 0 Å². The maximum atomic E-state index is 12.4. The van der Waals surface area contributed by atoms with Gasteiger partial charge in [0, 0.05) is 49.9 Å². The number of hydrogen-bond acceptors (Lipinski definition) is 4. The number of likely N-dealkylation sites (tertiary alicyclic amines) is 1. The SMILES string of the molecule is CC(C)N1CCCC(CNC(=O)c2n[nH]c3c2CNCC3)C1.Cl. The molecule has 0 saturated carbocycles. The van der Waals surface area contributed by atoms with Crippen molar-refractivity contribution in [2.75, 3.05) is 26.2 Å². The molecule has 2 aliphatic rings. The van der Waals surface area contributed by atoms with Crippen LogP contribution < -0.4 is 10.6 Å². The number of aromatic nitrogens is 2. The minimum atomic E-state index is -0.0390. The number of H-pyrrole nitrogens is 1. The zero-order chi connectivity index (χ0) is 15.5. The number of fused-ring (bicyclic) bond motifs is 1. The first-order valence-electron chi connectivity index (χ1n) is 8.44. The summed E-state index contributed by atoms with van der Waals surface area (Å²) in [5, 5.41) is 13.6. The fraction of sp³-hybridized carbons (Fsp3) is 0.750. The number of halogens is 1. The van der Waals surface area contributed by atoms with E-state index in [9.17, 15) is 4.79 Å². The number of rotatable bonds is 4. The number of nitrogens with zero attached hydrogens (tertiary/aromatic N) is 2. The van der Waals surface area contributed by atoms with Crippen molar-refractivity contribution in [3.05, 3.63) is 17.0 Å². The van der Waals surface area contributed by atoms with E-state index < -0.39 is 0 Å². The van der Waals surface area contributed by atoms with Crippen molar-refractivity contribution in [1.29, 1.82) is 0 Å². The van der Waals surface area contributed by atoms with Gasteiger partial charge in [-0.2, -0.15) is 5.10 Å². The molecule has 0 bridgehead atoms. The molecule has 1 saturated heterocycles. The van der Waals surface area contributed by atoms with E-state index in [1.165, 1.54) is 19.4 Å². The highest BCUT2D eigenvalue weighted by Gasteiger charge is 2.24. The average molecular weight is 342 g/mol. The molecule has 3 N–H and O–H groups in total. The van der Waals surface area contributed by atoms with Crippen molar-refractivity contribution < 1.29 is 4.79 Å². The van der Waals surface area contributed by atoms with Gasteiger partial charge in [-0.3, -0.25) is 9.89 Å². The lowest BCUT2D eigenvalue weighted by molar-refractivity contribution is 0.0916. The van der Waals surface area contributed by atoms with Crippen LogP contribution in [0.4, 0.5) is 0 Å². The van der Waals surface area contributed by atoms with Gasteiger partial charge < -0.3 is 15.5 Å². The van der Waals surface area contributed by atoms with E-state index in [1.807, 2.05) is 0 Å². The molecule has 3 heterocycles. The molecular formula is C16H28ClN5O. The summed E-state index contributed by atoms with van der Waals surface area (Å²) in [4.78, 5) is 14.9. The van der Waals surface area contributed by atoms with E-state index in [1.54, 1.807) is 0 Å². The third-order valence-electron chi connectivity index (χ3n) is 4.85. The van der Waals surface area contributed by atoms with Gasteiger partial charge in [0.1, 0.15) is 0 Å². The Morgan fingerprint density at radius 2 is 2.30 bits per heavy atom. The summed E-state index contributed by atoms with van der Waals surface area (Å²) in [7, 11) is 0. The summed E-state index contributed by atoms with van der Waals surface area (Å²) in [5.41, 5.74) is 2.71. The summed E-state index contributed by atoms with van der Waals surface area (Å²) in [6, 6.07) is 0.586. The number of nitrogens with one attached hydrogen (secondary N) is 3. The third-order valence-corrected chi connectivity index (χ3v) is 4.85. The summed E-state index contributed by atoms with van der Waals surface area (Å²) >= 11 is 0. The second kappa shape index (κ2) is 8.13. The number of carbonyl (C=O) groups excluding carboxylic acids is 1. The molecule has 1 unspecified atom stereocenters. The van der Waals surface area contributed by atoms with Gasteiger partial charge in [0.15, 0.2) is 5.69 Å². The lowest BCUT2D eigenvalue weighted by Crippen LogP contribution is -2.44. The van der Waals surface area contributed by atoms with Gasteiger partial charge in [-0.05, 0) is 39.2 Å². The molecule has 0 spiro atoms. The van der Waals surface area contributed by atoms with Crippen molar-refractivity contribution in [2.45, 2.75) is 45.7 Å². The minimum Gasteiger partial charge on any atom is -0.350 e. The summed E-state index contributed by atoms with van der Waals surface area (Å²) in [5.74, 6) is 0.510. The van der Waals surface area contributed by atoms with Gasteiger partial charge in [0.2, 0.25) is 0 Å². The summed E-state index contributed by atoms with van der Waals surface area (Å²) in [6.45, 7) is 9.17. The number of amides is 1. The van der Waals surface area contributed by atoms with Gasteiger partial charge >= 0.3 is 0 Å². The maximum Gasteiger partial charge on any atom is 0.272 e. The van der Waals surface area contributed by atoms with Crippen molar-refractivity contribution in [1.82, 2.24) is 25.7 Å². The molecule has 1 aromatic rings. The van der Waals surface area contributed by atoms with Crippen LogP contribution in [0.5, 0.6) is 0 Å². The monoisotopic (exact) mass is 341 g/mol. The zero-order valence-electron chi connectivity index (χ0n) is 14.0. The first kappa shape index (κ1) is 18.2. The van der Waals surface area contributed by atoms with E-state index in [2.05, 4.69) is 39.6 Å². The van der Waals surface area contributed by atoms with Crippen LogP contribution in [0.1, 0.15) is 48.4 Å². The quantitative estimate of drug-likeness (QED) is 0.772. The predicted octanol–water partition coefficient (Wildman–Crippen LogP) is 1.33. The first-order valence-corrected chi connectivity index (χ1v) is 8.44. The Labute approximate surface area is 144 Å². The molecule has 0 aliphatic carbocycles. The van der Waals surface area contributed by atoms with Gasteiger partial charge in [0.25, 0.3) is 5.91 Å². The number of piperidine rings is 1. The normalized spacial score (nSPS) is 21.6. The maximum absolute atomic E-state index is 12.4. The van der Waals surface area contributed by atoms with Crippen LogP contribution >= 0.6 is 12.4 Å². The Hall–Kier alpha value is -1.11. The molecule has 1 aromatic heterocycles. The van der Waals surface area contributed by atoms with Gasteiger partial charge in [-0.1, -0.05) is 0 Å². The highest BCUT2D eigenvalue weighted by Crippen LogP contribution is 2.18. The Bertz CT molecular complexity index is 531. The highest BCUT2D eigenvalue weighted by molar-refractivity contribution is 5.94. The fourth-order valence-electron chi connectivity index (χ4n) is 3.47. The average Bonchev–Trinajstić information content (AvgIpc) is 2.97. The fourth-order valence-corrected chi connectivity index (χ4v) is 3.47. The van der Waals surface area contributed by atoms with Gasteiger partial charge in [-0.15, -0.1) is 12.4 Å². The molecule has 3 rings (SSSR count). The lowest BCUT2D eigenvalue weighted by Gasteiger charge is -2.35. The van der Waals surface area contributed by atoms with E-state index in [-0.39, 0.29) is 18.3 Å². The standard InChI is InChI=1S/C16H27N5O.ClH/c1-11(2)21-7-3-4-12(10-21)8-18-16(22)15-13-9-17-6-5-14(13)19-20-15;/h11-12,17H,3-10H2,1-2H3,(H,18,22)(H,19,20);1H. The zero-order valence-corrected chi connectivity index (χ0v) is 14.8. The molecule has 0 radical (unpaired) electrons. The van der Waals surface area contributed by atoms with Crippen molar-refractivity contribution in [3.8, 4) is 0 Å². The van der Waals surface area contributed by atoms with Crippen LogP contribution in [0.3, 0.4) is 0 Å². The molecule has 130 valence electrons. The largest absolute Gasteiger partial charge is 0.350 e. The molecule has 1 fully saturated rings. The molecule has 1 atom stereocenters. The smallest absolute Gasteiger partial charge is 0.272 e. The Morgan fingerprint density at radius 1 is 1.48 bits per heavy atom. The Balaban J connectivity index is 0.00000192. The van der Waals surface area contributed by atoms with Gasteiger partial charge in [0.05, 0.1) is 0 Å². The molecule has 23 heavy (non-hydrogen) atoms. The first-order chi connectivity index (χ1) is 10.6. The van der Waals surface area contributed by atoms with E-state index in [0.717, 1.165) is 43.9 Å². The molecule has 1 amide bonds. The van der Waals surface area contributed by atoms with Crippen molar-refractivity contribution in [2.24, 2.45) is 5.92 Å². The second-order valence-corrected chi connectivity index (χ2v) is 6.76. The predicted molar refractivity (Wildman–Crippen MR) is 93.0 cm³/mol. The van der Waals surface area contributed by atoms with Crippen LogP contribution in [-0.4, -0.2) is 53.2 Å². The van der Waals surface area contributed by atoms with E-state index in [0.29, 0.717) is 17.7 Å². The topological polar surface area (TPSA) is 73.0 Å². The number of carbonyl (C=O) groups is 1. The molecule has 7 heteroatoms. The second-order valence-electron chi connectivity index (χ2n) is 6.76. The summed E-state index contributed by atoms with van der Waals surface area (Å²) in [6.07, 6.45) is 3.34. The Kier molecular flexibility index (Phi) is 6.44. The molecule has 0 aromatic carbocycles. The van der Waals surface area contributed by atoms with Crippen molar-refractivity contribution >= 4 is 18.3 Å². The van der Waals surface area contributed by atoms with E-state index >= 15 is 0 Å². The third kappa shape index (κ3) is 4.25. The minimum absolute atomic E-state index is 0.